The SMILES string of the molecule is CCCNCc1ccc(Sc2ccccc2Br)cc1C. The Balaban J connectivity index is 2.07. The first-order valence-electron chi connectivity index (χ1n) is 6.93. The van der Waals surface area contributed by atoms with Gasteiger partial charge in [-0.25, -0.2) is 0 Å². The van der Waals surface area contributed by atoms with Gasteiger partial charge < -0.3 is 5.32 Å². The zero-order valence-corrected chi connectivity index (χ0v) is 14.4. The van der Waals surface area contributed by atoms with Crippen LogP contribution in [-0.2, 0) is 6.54 Å². The number of hydrogen-bond acceptors (Lipinski definition) is 2. The van der Waals surface area contributed by atoms with Crippen molar-refractivity contribution in [1.82, 2.24) is 5.32 Å². The molecule has 0 radical (unpaired) electrons. The summed E-state index contributed by atoms with van der Waals surface area (Å²) >= 11 is 5.40. The molecule has 0 bridgehead atoms. The second-order valence-corrected chi connectivity index (χ2v) is 6.77. The summed E-state index contributed by atoms with van der Waals surface area (Å²) in [4.78, 5) is 2.54. The largest absolute Gasteiger partial charge is 0.313 e. The molecule has 0 saturated heterocycles. The topological polar surface area (TPSA) is 12.0 Å². The first-order valence-corrected chi connectivity index (χ1v) is 8.54. The van der Waals surface area contributed by atoms with E-state index in [9.17, 15) is 0 Å². The Morgan fingerprint density at radius 2 is 1.95 bits per heavy atom. The molecule has 0 fully saturated rings. The summed E-state index contributed by atoms with van der Waals surface area (Å²) in [7, 11) is 0. The third-order valence-electron chi connectivity index (χ3n) is 3.12. The van der Waals surface area contributed by atoms with E-state index < -0.39 is 0 Å². The summed E-state index contributed by atoms with van der Waals surface area (Å²) in [5.74, 6) is 0. The molecule has 0 aliphatic heterocycles. The van der Waals surface area contributed by atoms with E-state index >= 15 is 0 Å². The van der Waals surface area contributed by atoms with Crippen molar-refractivity contribution in [2.75, 3.05) is 6.54 Å². The molecule has 0 heterocycles. The van der Waals surface area contributed by atoms with Gasteiger partial charge in [-0.3, -0.25) is 0 Å². The van der Waals surface area contributed by atoms with Gasteiger partial charge in [0.15, 0.2) is 0 Å². The van der Waals surface area contributed by atoms with Crippen LogP contribution < -0.4 is 5.32 Å². The van der Waals surface area contributed by atoms with Gasteiger partial charge in [-0.1, -0.05) is 36.9 Å². The first kappa shape index (κ1) is 15.6. The van der Waals surface area contributed by atoms with Gasteiger partial charge in [-0.05, 0) is 71.2 Å². The van der Waals surface area contributed by atoms with Crippen LogP contribution >= 0.6 is 27.7 Å². The zero-order chi connectivity index (χ0) is 14.4. The van der Waals surface area contributed by atoms with E-state index in [1.807, 2.05) is 6.07 Å². The maximum atomic E-state index is 3.60. The second-order valence-electron chi connectivity index (χ2n) is 4.80. The molecule has 0 saturated carbocycles. The van der Waals surface area contributed by atoms with Gasteiger partial charge >= 0.3 is 0 Å². The minimum Gasteiger partial charge on any atom is -0.313 e. The summed E-state index contributed by atoms with van der Waals surface area (Å²) in [5, 5.41) is 3.46. The molecular weight excluding hydrogens is 330 g/mol. The highest BCUT2D eigenvalue weighted by Gasteiger charge is 2.04. The highest BCUT2D eigenvalue weighted by molar-refractivity contribution is 9.10. The molecule has 2 aromatic rings. The Hall–Kier alpha value is -0.770. The fraction of sp³-hybridized carbons (Fsp3) is 0.294. The molecule has 0 aromatic heterocycles. The Labute approximate surface area is 134 Å². The highest BCUT2D eigenvalue weighted by atomic mass is 79.9. The first-order chi connectivity index (χ1) is 9.70. The molecule has 0 atom stereocenters. The normalized spacial score (nSPS) is 10.8. The quantitative estimate of drug-likeness (QED) is 0.699. The predicted molar refractivity (Wildman–Crippen MR) is 91.4 cm³/mol. The van der Waals surface area contributed by atoms with Crippen LogP contribution in [0.2, 0.25) is 0 Å². The van der Waals surface area contributed by atoms with Gasteiger partial charge in [0.05, 0.1) is 0 Å². The molecule has 2 rings (SSSR count). The van der Waals surface area contributed by atoms with Crippen LogP contribution in [0.4, 0.5) is 0 Å². The van der Waals surface area contributed by atoms with Crippen molar-refractivity contribution < 1.29 is 0 Å². The summed E-state index contributed by atoms with van der Waals surface area (Å²) in [5.41, 5.74) is 2.74. The van der Waals surface area contributed by atoms with Gasteiger partial charge in [0.2, 0.25) is 0 Å². The third-order valence-corrected chi connectivity index (χ3v) is 5.14. The molecule has 1 N–H and O–H groups in total. The maximum Gasteiger partial charge on any atom is 0.0314 e. The molecule has 0 aliphatic rings. The highest BCUT2D eigenvalue weighted by Crippen LogP contribution is 2.33. The lowest BCUT2D eigenvalue weighted by Crippen LogP contribution is -2.14. The van der Waals surface area contributed by atoms with Crippen molar-refractivity contribution in [2.45, 2.75) is 36.6 Å². The maximum absolute atomic E-state index is 3.60. The van der Waals surface area contributed by atoms with Crippen LogP contribution in [0, 0.1) is 6.92 Å². The van der Waals surface area contributed by atoms with Crippen LogP contribution in [0.5, 0.6) is 0 Å². The summed E-state index contributed by atoms with van der Waals surface area (Å²) in [6.45, 7) is 6.41. The Morgan fingerprint density at radius 1 is 1.15 bits per heavy atom. The average molecular weight is 350 g/mol. The molecule has 0 spiro atoms. The number of hydrogen-bond donors (Lipinski definition) is 1. The minimum atomic E-state index is 0.958. The van der Waals surface area contributed by atoms with Crippen molar-refractivity contribution in [3.05, 3.63) is 58.1 Å². The summed E-state index contributed by atoms with van der Waals surface area (Å²) < 4.78 is 1.15. The zero-order valence-electron chi connectivity index (χ0n) is 11.9. The van der Waals surface area contributed by atoms with E-state index in [1.165, 1.54) is 27.3 Å². The molecule has 0 aliphatic carbocycles. The van der Waals surface area contributed by atoms with Crippen LogP contribution in [0.15, 0.2) is 56.7 Å². The molecule has 2 aromatic carbocycles. The van der Waals surface area contributed by atoms with Crippen molar-refractivity contribution in [3.8, 4) is 0 Å². The fourth-order valence-electron chi connectivity index (χ4n) is 1.98. The van der Waals surface area contributed by atoms with Crippen LogP contribution in [0.3, 0.4) is 0 Å². The Kier molecular flexibility index (Phi) is 6.14. The predicted octanol–water partition coefficient (Wildman–Crippen LogP) is 5.41. The molecule has 106 valence electrons. The van der Waals surface area contributed by atoms with E-state index in [4.69, 9.17) is 0 Å². The molecule has 3 heteroatoms. The third kappa shape index (κ3) is 4.37. The van der Waals surface area contributed by atoms with Crippen molar-refractivity contribution >= 4 is 27.7 Å². The van der Waals surface area contributed by atoms with E-state index in [0.717, 1.165) is 17.6 Å². The lowest BCUT2D eigenvalue weighted by molar-refractivity contribution is 0.673. The number of aryl methyl sites for hydroxylation is 1. The molecular formula is C17H20BrNS. The Morgan fingerprint density at radius 3 is 2.65 bits per heavy atom. The monoisotopic (exact) mass is 349 g/mol. The van der Waals surface area contributed by atoms with Crippen molar-refractivity contribution in [2.24, 2.45) is 0 Å². The van der Waals surface area contributed by atoms with Gasteiger partial charge in [0.25, 0.3) is 0 Å². The molecule has 0 unspecified atom stereocenters. The van der Waals surface area contributed by atoms with E-state index in [2.05, 4.69) is 71.5 Å². The lowest BCUT2D eigenvalue weighted by Gasteiger charge is -2.10. The van der Waals surface area contributed by atoms with Gasteiger partial charge in [0.1, 0.15) is 0 Å². The van der Waals surface area contributed by atoms with Crippen molar-refractivity contribution in [3.63, 3.8) is 0 Å². The fourth-order valence-corrected chi connectivity index (χ4v) is 3.45. The van der Waals surface area contributed by atoms with Gasteiger partial charge in [-0.15, -0.1) is 0 Å². The second kappa shape index (κ2) is 7.87. The standard InChI is InChI=1S/C17H20BrNS/c1-3-10-19-12-14-8-9-15(11-13(14)2)20-17-7-5-4-6-16(17)18/h4-9,11,19H,3,10,12H2,1-2H3. The van der Waals surface area contributed by atoms with E-state index in [1.54, 1.807) is 11.8 Å². The van der Waals surface area contributed by atoms with Crippen LogP contribution in [-0.4, -0.2) is 6.54 Å². The smallest absolute Gasteiger partial charge is 0.0314 e. The Bertz CT molecular complexity index is 569. The summed E-state index contributed by atoms with van der Waals surface area (Å²) in [6, 6.07) is 15.0. The number of halogens is 1. The number of rotatable bonds is 6. The van der Waals surface area contributed by atoms with Crippen molar-refractivity contribution in [1.29, 1.82) is 0 Å². The average Bonchev–Trinajstić information content (AvgIpc) is 2.44. The van der Waals surface area contributed by atoms with E-state index in [-0.39, 0.29) is 0 Å². The van der Waals surface area contributed by atoms with Gasteiger partial charge in [0, 0.05) is 20.8 Å². The molecule has 1 nitrogen and oxygen atoms in total. The lowest BCUT2D eigenvalue weighted by atomic mass is 10.1. The van der Waals surface area contributed by atoms with Crippen LogP contribution in [0.1, 0.15) is 24.5 Å². The molecule has 0 amide bonds. The van der Waals surface area contributed by atoms with Crippen LogP contribution in [0.25, 0.3) is 0 Å². The summed E-state index contributed by atoms with van der Waals surface area (Å²) in [6.07, 6.45) is 1.18. The minimum absolute atomic E-state index is 0.958. The number of benzene rings is 2. The van der Waals surface area contributed by atoms with E-state index in [0.29, 0.717) is 0 Å². The molecule has 20 heavy (non-hydrogen) atoms. The van der Waals surface area contributed by atoms with Gasteiger partial charge in [-0.2, -0.15) is 0 Å². The number of nitrogens with one attached hydrogen (secondary N) is 1.